The molecule has 0 aromatic carbocycles. The van der Waals surface area contributed by atoms with E-state index >= 15 is 0 Å². The SMILES string of the molecule is Cc1cccc(NC(=O)c2nccnc2C2CCNCC2)n1. The molecule has 3 heterocycles. The number of hydrogen-bond donors (Lipinski definition) is 2. The first-order valence-electron chi connectivity index (χ1n) is 7.50. The summed E-state index contributed by atoms with van der Waals surface area (Å²) in [5.41, 5.74) is 2.04. The van der Waals surface area contributed by atoms with Crippen molar-refractivity contribution >= 4 is 11.7 Å². The highest BCUT2D eigenvalue weighted by atomic mass is 16.2. The molecule has 2 aromatic rings. The first-order chi connectivity index (χ1) is 10.7. The number of aromatic nitrogens is 3. The highest BCUT2D eigenvalue weighted by molar-refractivity contribution is 6.03. The van der Waals surface area contributed by atoms with Crippen LogP contribution in [0.1, 0.15) is 40.6 Å². The Balaban J connectivity index is 1.83. The number of aryl methyl sites for hydroxylation is 1. The van der Waals surface area contributed by atoms with E-state index in [9.17, 15) is 4.79 Å². The number of rotatable bonds is 3. The van der Waals surface area contributed by atoms with E-state index in [2.05, 4.69) is 25.6 Å². The van der Waals surface area contributed by atoms with Gasteiger partial charge in [0, 0.05) is 24.0 Å². The summed E-state index contributed by atoms with van der Waals surface area (Å²) in [5, 5.41) is 6.13. The van der Waals surface area contributed by atoms with Crippen molar-refractivity contribution in [2.24, 2.45) is 0 Å². The minimum Gasteiger partial charge on any atom is -0.317 e. The van der Waals surface area contributed by atoms with Gasteiger partial charge in [-0.05, 0) is 45.0 Å². The second kappa shape index (κ2) is 6.62. The molecule has 6 heteroatoms. The van der Waals surface area contributed by atoms with Gasteiger partial charge in [0.05, 0.1) is 5.69 Å². The van der Waals surface area contributed by atoms with Crippen molar-refractivity contribution in [2.45, 2.75) is 25.7 Å². The summed E-state index contributed by atoms with van der Waals surface area (Å²) in [4.78, 5) is 25.5. The van der Waals surface area contributed by atoms with Gasteiger partial charge < -0.3 is 10.6 Å². The highest BCUT2D eigenvalue weighted by Crippen LogP contribution is 2.25. The van der Waals surface area contributed by atoms with Crippen LogP contribution in [0.4, 0.5) is 5.82 Å². The summed E-state index contributed by atoms with van der Waals surface area (Å²) < 4.78 is 0. The molecule has 1 amide bonds. The standard InChI is InChI=1S/C16H19N5O/c1-11-3-2-4-13(20-11)21-16(22)15-14(18-9-10-19-15)12-5-7-17-8-6-12/h2-4,9-10,12,17H,5-8H2,1H3,(H,20,21,22). The van der Waals surface area contributed by atoms with E-state index in [-0.39, 0.29) is 11.8 Å². The summed E-state index contributed by atoms with van der Waals surface area (Å²) in [6.07, 6.45) is 5.16. The lowest BCUT2D eigenvalue weighted by atomic mass is 9.93. The maximum absolute atomic E-state index is 12.5. The molecule has 114 valence electrons. The largest absolute Gasteiger partial charge is 0.317 e. The molecule has 0 radical (unpaired) electrons. The maximum Gasteiger partial charge on any atom is 0.277 e. The second-order valence-electron chi connectivity index (χ2n) is 5.43. The Morgan fingerprint density at radius 2 is 2.00 bits per heavy atom. The zero-order valence-electron chi connectivity index (χ0n) is 12.5. The molecule has 0 bridgehead atoms. The fraction of sp³-hybridized carbons (Fsp3) is 0.375. The van der Waals surface area contributed by atoms with Crippen LogP contribution in [0.15, 0.2) is 30.6 Å². The summed E-state index contributed by atoms with van der Waals surface area (Å²) in [7, 11) is 0. The zero-order chi connectivity index (χ0) is 15.4. The topological polar surface area (TPSA) is 79.8 Å². The highest BCUT2D eigenvalue weighted by Gasteiger charge is 2.23. The van der Waals surface area contributed by atoms with Crippen LogP contribution >= 0.6 is 0 Å². The number of nitrogens with zero attached hydrogens (tertiary/aromatic N) is 3. The Bertz CT molecular complexity index is 667. The Kier molecular flexibility index (Phi) is 4.39. The number of carbonyl (C=O) groups is 1. The number of anilines is 1. The number of amides is 1. The summed E-state index contributed by atoms with van der Waals surface area (Å²) >= 11 is 0. The van der Waals surface area contributed by atoms with Gasteiger partial charge in [-0.3, -0.25) is 9.78 Å². The fourth-order valence-corrected chi connectivity index (χ4v) is 2.71. The van der Waals surface area contributed by atoms with Crippen LogP contribution in [-0.2, 0) is 0 Å². The molecule has 1 aliphatic rings. The van der Waals surface area contributed by atoms with Gasteiger partial charge in [0.1, 0.15) is 11.5 Å². The normalized spacial score (nSPS) is 15.5. The molecule has 1 saturated heterocycles. The summed E-state index contributed by atoms with van der Waals surface area (Å²) in [6.45, 7) is 3.78. The molecule has 0 aliphatic carbocycles. The molecular formula is C16H19N5O. The molecule has 1 aliphatic heterocycles. The molecule has 22 heavy (non-hydrogen) atoms. The van der Waals surface area contributed by atoms with Gasteiger partial charge in [0.15, 0.2) is 0 Å². The number of piperidine rings is 1. The Morgan fingerprint density at radius 1 is 1.23 bits per heavy atom. The van der Waals surface area contributed by atoms with E-state index in [0.717, 1.165) is 37.3 Å². The van der Waals surface area contributed by atoms with Crippen molar-refractivity contribution in [2.75, 3.05) is 18.4 Å². The van der Waals surface area contributed by atoms with Crippen LogP contribution in [0.3, 0.4) is 0 Å². The zero-order valence-corrected chi connectivity index (χ0v) is 12.5. The van der Waals surface area contributed by atoms with E-state index < -0.39 is 0 Å². The molecule has 0 saturated carbocycles. The molecule has 0 spiro atoms. The molecule has 1 fully saturated rings. The van der Waals surface area contributed by atoms with E-state index in [4.69, 9.17) is 0 Å². The first kappa shape index (κ1) is 14.6. The van der Waals surface area contributed by atoms with Gasteiger partial charge in [-0.1, -0.05) is 6.07 Å². The predicted octanol–water partition coefficient (Wildman–Crippen LogP) is 1.90. The second-order valence-corrected chi connectivity index (χ2v) is 5.43. The van der Waals surface area contributed by atoms with Crippen molar-refractivity contribution in [3.05, 3.63) is 47.7 Å². The maximum atomic E-state index is 12.5. The van der Waals surface area contributed by atoms with Crippen LogP contribution in [0, 0.1) is 6.92 Å². The first-order valence-corrected chi connectivity index (χ1v) is 7.50. The minimum atomic E-state index is -0.250. The lowest BCUT2D eigenvalue weighted by Gasteiger charge is -2.23. The van der Waals surface area contributed by atoms with E-state index in [1.165, 1.54) is 0 Å². The van der Waals surface area contributed by atoms with Gasteiger partial charge in [-0.2, -0.15) is 0 Å². The van der Waals surface area contributed by atoms with Crippen molar-refractivity contribution in [1.29, 1.82) is 0 Å². The van der Waals surface area contributed by atoms with Crippen molar-refractivity contribution in [3.8, 4) is 0 Å². The van der Waals surface area contributed by atoms with Crippen molar-refractivity contribution in [1.82, 2.24) is 20.3 Å². The van der Waals surface area contributed by atoms with Crippen LogP contribution in [-0.4, -0.2) is 33.9 Å². The molecule has 2 aromatic heterocycles. The molecular weight excluding hydrogens is 278 g/mol. The molecule has 3 rings (SSSR count). The van der Waals surface area contributed by atoms with Crippen LogP contribution in [0.2, 0.25) is 0 Å². The Morgan fingerprint density at radius 3 is 2.77 bits per heavy atom. The fourth-order valence-electron chi connectivity index (χ4n) is 2.71. The van der Waals surface area contributed by atoms with Crippen LogP contribution in [0.25, 0.3) is 0 Å². The third-order valence-electron chi connectivity index (χ3n) is 3.80. The quantitative estimate of drug-likeness (QED) is 0.904. The number of carbonyl (C=O) groups excluding carboxylic acids is 1. The molecule has 2 N–H and O–H groups in total. The average Bonchev–Trinajstić information content (AvgIpc) is 2.56. The summed E-state index contributed by atoms with van der Waals surface area (Å²) in [6, 6.07) is 5.52. The van der Waals surface area contributed by atoms with E-state index in [1.807, 2.05) is 19.1 Å². The predicted molar refractivity (Wildman–Crippen MR) is 83.8 cm³/mol. The number of hydrogen-bond acceptors (Lipinski definition) is 5. The Hall–Kier alpha value is -2.34. The van der Waals surface area contributed by atoms with Crippen LogP contribution < -0.4 is 10.6 Å². The average molecular weight is 297 g/mol. The minimum absolute atomic E-state index is 0.250. The Labute approximate surface area is 129 Å². The van der Waals surface area contributed by atoms with Gasteiger partial charge in [0.2, 0.25) is 0 Å². The van der Waals surface area contributed by atoms with Gasteiger partial charge in [-0.15, -0.1) is 0 Å². The summed E-state index contributed by atoms with van der Waals surface area (Å²) in [5.74, 6) is 0.563. The molecule has 6 nitrogen and oxygen atoms in total. The third-order valence-corrected chi connectivity index (χ3v) is 3.80. The smallest absolute Gasteiger partial charge is 0.277 e. The van der Waals surface area contributed by atoms with Gasteiger partial charge in [-0.25, -0.2) is 9.97 Å². The van der Waals surface area contributed by atoms with Gasteiger partial charge >= 0.3 is 0 Å². The molecule has 0 unspecified atom stereocenters. The lowest BCUT2D eigenvalue weighted by Crippen LogP contribution is -2.29. The van der Waals surface area contributed by atoms with E-state index in [1.54, 1.807) is 18.5 Å². The third kappa shape index (κ3) is 3.28. The number of pyridine rings is 1. The lowest BCUT2D eigenvalue weighted by molar-refractivity contribution is 0.101. The van der Waals surface area contributed by atoms with Gasteiger partial charge in [0.25, 0.3) is 5.91 Å². The number of nitrogens with one attached hydrogen (secondary N) is 2. The van der Waals surface area contributed by atoms with Crippen molar-refractivity contribution in [3.63, 3.8) is 0 Å². The van der Waals surface area contributed by atoms with Crippen molar-refractivity contribution < 1.29 is 4.79 Å². The monoisotopic (exact) mass is 297 g/mol. The van der Waals surface area contributed by atoms with E-state index in [0.29, 0.717) is 11.5 Å². The van der Waals surface area contributed by atoms with Crippen LogP contribution in [0.5, 0.6) is 0 Å². The molecule has 0 atom stereocenters.